The van der Waals surface area contributed by atoms with Gasteiger partial charge in [0.25, 0.3) is 5.56 Å². The van der Waals surface area contributed by atoms with Gasteiger partial charge in [-0.3, -0.25) is 9.69 Å². The molecule has 116 valence electrons. The van der Waals surface area contributed by atoms with Crippen LogP contribution in [0.3, 0.4) is 0 Å². The van der Waals surface area contributed by atoms with Crippen molar-refractivity contribution in [2.24, 2.45) is 0 Å². The molecule has 0 unspecified atom stereocenters. The molecule has 2 saturated heterocycles. The van der Waals surface area contributed by atoms with E-state index in [4.69, 9.17) is 11.6 Å². The van der Waals surface area contributed by atoms with Gasteiger partial charge in [0.2, 0.25) is 0 Å². The molecular formula is C14H22ClN5O. The zero-order valence-electron chi connectivity index (χ0n) is 12.5. The molecule has 2 aliphatic rings. The Balaban J connectivity index is 1.69. The Kier molecular flexibility index (Phi) is 4.19. The molecular weight excluding hydrogens is 290 g/mol. The average molecular weight is 312 g/mol. The van der Waals surface area contributed by atoms with Crippen molar-refractivity contribution in [3.8, 4) is 0 Å². The van der Waals surface area contributed by atoms with E-state index in [0.29, 0.717) is 6.04 Å². The Morgan fingerprint density at radius 3 is 2.62 bits per heavy atom. The van der Waals surface area contributed by atoms with Crippen molar-refractivity contribution in [2.75, 3.05) is 44.2 Å². The molecule has 0 aromatic carbocycles. The van der Waals surface area contributed by atoms with Crippen molar-refractivity contribution in [3.63, 3.8) is 0 Å². The summed E-state index contributed by atoms with van der Waals surface area (Å²) < 4.78 is 1.43. The van der Waals surface area contributed by atoms with Crippen molar-refractivity contribution >= 4 is 17.3 Å². The molecule has 0 saturated carbocycles. The second-order valence-electron chi connectivity index (χ2n) is 6.03. The lowest BCUT2D eigenvalue weighted by Gasteiger charge is -2.47. The van der Waals surface area contributed by atoms with Crippen molar-refractivity contribution < 1.29 is 0 Å². The minimum atomic E-state index is -0.199. The molecule has 0 amide bonds. The number of nitrogens with one attached hydrogen (secondary N) is 1. The Bertz CT molecular complexity index is 561. The third kappa shape index (κ3) is 2.80. The number of piperazine rings is 1. The minimum absolute atomic E-state index is 0.0223. The van der Waals surface area contributed by atoms with E-state index in [1.54, 1.807) is 6.20 Å². The first kappa shape index (κ1) is 14.8. The van der Waals surface area contributed by atoms with E-state index < -0.39 is 0 Å². The van der Waals surface area contributed by atoms with Gasteiger partial charge in [-0.25, -0.2) is 4.68 Å². The van der Waals surface area contributed by atoms with Crippen LogP contribution in [0.5, 0.6) is 0 Å². The standard InChI is InChI=1S/C14H22ClN5O/c1-10(2)20-14(21)13(15)12(7-17-20)19-8-11(9-19)18-5-3-16-4-6-18/h7,10-11,16H,3-6,8-9H2,1-2H3. The molecule has 2 fully saturated rings. The molecule has 1 N–H and O–H groups in total. The van der Waals surface area contributed by atoms with Gasteiger partial charge in [0.05, 0.1) is 17.9 Å². The average Bonchev–Trinajstić information content (AvgIpc) is 2.43. The van der Waals surface area contributed by atoms with Crippen molar-refractivity contribution in [1.29, 1.82) is 0 Å². The number of aromatic nitrogens is 2. The lowest BCUT2D eigenvalue weighted by atomic mass is 10.1. The number of hydrogen-bond acceptors (Lipinski definition) is 5. The molecule has 3 heterocycles. The number of hydrogen-bond donors (Lipinski definition) is 1. The highest BCUT2D eigenvalue weighted by atomic mass is 35.5. The molecule has 2 aliphatic heterocycles. The van der Waals surface area contributed by atoms with E-state index in [9.17, 15) is 4.79 Å². The van der Waals surface area contributed by atoms with Gasteiger partial charge >= 0.3 is 0 Å². The normalized spacial score (nSPS) is 20.9. The Morgan fingerprint density at radius 2 is 2.00 bits per heavy atom. The number of halogens is 1. The van der Waals surface area contributed by atoms with Gasteiger partial charge < -0.3 is 10.2 Å². The maximum atomic E-state index is 12.2. The fourth-order valence-corrected chi connectivity index (χ4v) is 3.21. The van der Waals surface area contributed by atoms with E-state index >= 15 is 0 Å². The van der Waals surface area contributed by atoms with E-state index in [-0.39, 0.29) is 16.6 Å². The second kappa shape index (κ2) is 5.94. The molecule has 21 heavy (non-hydrogen) atoms. The Morgan fingerprint density at radius 1 is 1.33 bits per heavy atom. The third-order valence-electron chi connectivity index (χ3n) is 4.29. The molecule has 3 rings (SSSR count). The number of rotatable bonds is 3. The summed E-state index contributed by atoms with van der Waals surface area (Å²) in [5, 5.41) is 7.89. The highest BCUT2D eigenvalue weighted by Gasteiger charge is 2.34. The zero-order chi connectivity index (χ0) is 15.0. The smallest absolute Gasteiger partial charge is 0.287 e. The van der Waals surface area contributed by atoms with Crippen LogP contribution in [0.25, 0.3) is 0 Å². The van der Waals surface area contributed by atoms with Crippen molar-refractivity contribution in [1.82, 2.24) is 20.0 Å². The third-order valence-corrected chi connectivity index (χ3v) is 4.64. The van der Waals surface area contributed by atoms with Crippen LogP contribution in [0.4, 0.5) is 5.69 Å². The van der Waals surface area contributed by atoms with Gasteiger partial charge in [-0.1, -0.05) is 11.6 Å². The maximum Gasteiger partial charge on any atom is 0.287 e. The van der Waals surface area contributed by atoms with Crippen LogP contribution < -0.4 is 15.8 Å². The van der Waals surface area contributed by atoms with E-state index in [1.807, 2.05) is 13.8 Å². The fraction of sp³-hybridized carbons (Fsp3) is 0.714. The maximum absolute atomic E-state index is 12.2. The monoisotopic (exact) mass is 311 g/mol. The van der Waals surface area contributed by atoms with Gasteiger partial charge in [-0.2, -0.15) is 5.10 Å². The van der Waals surface area contributed by atoms with Crippen LogP contribution in [-0.2, 0) is 0 Å². The summed E-state index contributed by atoms with van der Waals surface area (Å²) in [5.41, 5.74) is 0.569. The van der Waals surface area contributed by atoms with Gasteiger partial charge in [0, 0.05) is 45.3 Å². The number of anilines is 1. The lowest BCUT2D eigenvalue weighted by molar-refractivity contribution is 0.147. The summed E-state index contributed by atoms with van der Waals surface area (Å²) in [6.45, 7) is 10.0. The van der Waals surface area contributed by atoms with Gasteiger partial charge in [-0.15, -0.1) is 0 Å². The van der Waals surface area contributed by atoms with Gasteiger partial charge in [0.1, 0.15) is 5.02 Å². The first-order chi connectivity index (χ1) is 10.1. The predicted molar refractivity (Wildman–Crippen MR) is 84.3 cm³/mol. The Hall–Kier alpha value is -1.11. The first-order valence-corrected chi connectivity index (χ1v) is 7.92. The Labute approximate surface area is 129 Å². The molecule has 6 nitrogen and oxygen atoms in total. The molecule has 0 atom stereocenters. The van der Waals surface area contributed by atoms with E-state index in [2.05, 4.69) is 20.2 Å². The van der Waals surface area contributed by atoms with Crippen LogP contribution in [0.2, 0.25) is 5.02 Å². The molecule has 0 aliphatic carbocycles. The van der Waals surface area contributed by atoms with Gasteiger partial charge in [-0.05, 0) is 13.8 Å². The van der Waals surface area contributed by atoms with Crippen LogP contribution in [0.1, 0.15) is 19.9 Å². The largest absolute Gasteiger partial charge is 0.366 e. The molecule has 1 aromatic rings. The fourth-order valence-electron chi connectivity index (χ4n) is 2.95. The van der Waals surface area contributed by atoms with Crippen LogP contribution in [0, 0.1) is 0 Å². The summed E-state index contributed by atoms with van der Waals surface area (Å²) in [7, 11) is 0. The molecule has 0 bridgehead atoms. The zero-order valence-corrected chi connectivity index (χ0v) is 13.3. The first-order valence-electron chi connectivity index (χ1n) is 7.55. The molecule has 0 radical (unpaired) electrons. The van der Waals surface area contributed by atoms with E-state index in [0.717, 1.165) is 45.0 Å². The highest BCUT2D eigenvalue weighted by Crippen LogP contribution is 2.28. The van der Waals surface area contributed by atoms with Crippen molar-refractivity contribution in [3.05, 3.63) is 21.6 Å². The SMILES string of the molecule is CC(C)n1ncc(N2CC(N3CCNCC3)C2)c(Cl)c1=O. The van der Waals surface area contributed by atoms with Gasteiger partial charge in [0.15, 0.2) is 0 Å². The second-order valence-corrected chi connectivity index (χ2v) is 6.41. The quantitative estimate of drug-likeness (QED) is 0.884. The number of nitrogens with zero attached hydrogens (tertiary/aromatic N) is 4. The summed E-state index contributed by atoms with van der Waals surface area (Å²) in [6, 6.07) is 0.588. The van der Waals surface area contributed by atoms with Crippen LogP contribution in [0.15, 0.2) is 11.0 Å². The van der Waals surface area contributed by atoms with E-state index in [1.165, 1.54) is 4.68 Å². The summed E-state index contributed by atoms with van der Waals surface area (Å²) in [5.74, 6) is 0. The highest BCUT2D eigenvalue weighted by molar-refractivity contribution is 6.33. The van der Waals surface area contributed by atoms with Crippen LogP contribution >= 0.6 is 11.6 Å². The molecule has 1 aromatic heterocycles. The minimum Gasteiger partial charge on any atom is -0.366 e. The summed E-state index contributed by atoms with van der Waals surface area (Å²) in [4.78, 5) is 16.8. The molecule has 0 spiro atoms. The summed E-state index contributed by atoms with van der Waals surface area (Å²) >= 11 is 6.24. The molecule has 7 heteroatoms. The topological polar surface area (TPSA) is 53.4 Å². The summed E-state index contributed by atoms with van der Waals surface area (Å²) in [6.07, 6.45) is 1.72. The van der Waals surface area contributed by atoms with Crippen molar-refractivity contribution in [2.45, 2.75) is 25.9 Å². The predicted octanol–water partition coefficient (Wildman–Crippen LogP) is 0.571. The lowest BCUT2D eigenvalue weighted by Crippen LogP contribution is -2.63. The van der Waals surface area contributed by atoms with Crippen LogP contribution in [-0.4, -0.2) is 60.0 Å².